The fourth-order valence-electron chi connectivity index (χ4n) is 1.17. The van der Waals surface area contributed by atoms with Crippen molar-refractivity contribution in [2.45, 2.75) is 6.54 Å². The minimum absolute atomic E-state index is 0.170. The molecule has 0 aliphatic carbocycles. The molecular weight excluding hydrogens is 185 g/mol. The molecule has 3 heteroatoms. The average Bonchev–Trinajstić information content (AvgIpc) is 2.09. The smallest absolute Gasteiger partial charge is 0.123 e. The Morgan fingerprint density at radius 1 is 1.31 bits per heavy atom. The predicted molar refractivity (Wildman–Crippen MR) is 56.2 cm³/mol. The highest BCUT2D eigenvalue weighted by atomic mass is 32.2. The molecule has 0 saturated carbocycles. The van der Waals surface area contributed by atoms with Gasteiger partial charge in [-0.1, -0.05) is 12.1 Å². The lowest BCUT2D eigenvalue weighted by Gasteiger charge is -2.14. The SMILES string of the molecule is CSCN(C)Cc1ccc(F)cc1. The number of rotatable bonds is 4. The van der Waals surface area contributed by atoms with Crippen LogP contribution in [0.25, 0.3) is 0 Å². The second-order valence-electron chi connectivity index (χ2n) is 3.06. The Bertz CT molecular complexity index is 248. The van der Waals surface area contributed by atoms with E-state index in [-0.39, 0.29) is 5.82 Å². The molecule has 0 saturated heterocycles. The van der Waals surface area contributed by atoms with Crippen molar-refractivity contribution in [1.82, 2.24) is 4.90 Å². The summed E-state index contributed by atoms with van der Waals surface area (Å²) in [4.78, 5) is 2.19. The first kappa shape index (κ1) is 10.5. The van der Waals surface area contributed by atoms with E-state index < -0.39 is 0 Å². The first-order chi connectivity index (χ1) is 6.22. The molecule has 72 valence electrons. The van der Waals surface area contributed by atoms with Crippen molar-refractivity contribution in [3.8, 4) is 0 Å². The first-order valence-corrected chi connectivity index (χ1v) is 5.53. The number of thioether (sulfide) groups is 1. The van der Waals surface area contributed by atoms with Crippen LogP contribution in [0.5, 0.6) is 0 Å². The van der Waals surface area contributed by atoms with Gasteiger partial charge in [-0.15, -0.1) is 11.8 Å². The molecule has 13 heavy (non-hydrogen) atoms. The maximum absolute atomic E-state index is 12.6. The summed E-state index contributed by atoms with van der Waals surface area (Å²) in [5.74, 6) is 0.827. The average molecular weight is 199 g/mol. The van der Waals surface area contributed by atoms with Crippen LogP contribution in [0.15, 0.2) is 24.3 Å². The van der Waals surface area contributed by atoms with Gasteiger partial charge in [0.1, 0.15) is 5.82 Å². The zero-order chi connectivity index (χ0) is 9.68. The maximum atomic E-state index is 12.6. The van der Waals surface area contributed by atoms with Crippen LogP contribution in [0.1, 0.15) is 5.56 Å². The van der Waals surface area contributed by atoms with Crippen molar-refractivity contribution in [3.05, 3.63) is 35.6 Å². The molecule has 0 N–H and O–H groups in total. The van der Waals surface area contributed by atoms with Gasteiger partial charge in [0.05, 0.1) is 0 Å². The second-order valence-corrected chi connectivity index (χ2v) is 3.89. The van der Waals surface area contributed by atoms with Gasteiger partial charge >= 0.3 is 0 Å². The molecular formula is C10H14FNS. The molecule has 0 radical (unpaired) electrons. The molecule has 0 unspecified atom stereocenters. The number of hydrogen-bond donors (Lipinski definition) is 0. The summed E-state index contributed by atoms with van der Waals surface area (Å²) in [6.45, 7) is 0.876. The van der Waals surface area contributed by atoms with E-state index >= 15 is 0 Å². The highest BCUT2D eigenvalue weighted by Gasteiger charge is 1.98. The van der Waals surface area contributed by atoms with Crippen LogP contribution in [0, 0.1) is 5.82 Å². The number of benzene rings is 1. The fourth-order valence-corrected chi connectivity index (χ4v) is 1.70. The van der Waals surface area contributed by atoms with Gasteiger partial charge in [0.2, 0.25) is 0 Å². The second kappa shape index (κ2) is 5.25. The number of nitrogens with zero attached hydrogens (tertiary/aromatic N) is 1. The third-order valence-corrected chi connectivity index (χ3v) is 2.41. The van der Waals surface area contributed by atoms with E-state index in [0.717, 1.165) is 18.0 Å². The molecule has 0 fully saturated rings. The van der Waals surface area contributed by atoms with Crippen LogP contribution in [0.3, 0.4) is 0 Å². The molecule has 1 rings (SSSR count). The van der Waals surface area contributed by atoms with Crippen molar-refractivity contribution in [2.75, 3.05) is 19.2 Å². The summed E-state index contributed by atoms with van der Waals surface area (Å²) in [5, 5.41) is 0. The largest absolute Gasteiger partial charge is 0.293 e. The van der Waals surface area contributed by atoms with E-state index in [0.29, 0.717) is 0 Å². The number of hydrogen-bond acceptors (Lipinski definition) is 2. The van der Waals surface area contributed by atoms with Crippen molar-refractivity contribution in [1.29, 1.82) is 0 Å². The van der Waals surface area contributed by atoms with E-state index in [9.17, 15) is 4.39 Å². The molecule has 1 aromatic rings. The summed E-state index contributed by atoms with van der Waals surface area (Å²) in [6.07, 6.45) is 2.07. The third-order valence-electron chi connectivity index (χ3n) is 1.72. The lowest BCUT2D eigenvalue weighted by Crippen LogP contribution is -2.16. The van der Waals surface area contributed by atoms with Crippen LogP contribution in [-0.2, 0) is 6.54 Å². The van der Waals surface area contributed by atoms with E-state index in [1.165, 1.54) is 12.1 Å². The Balaban J connectivity index is 2.49. The molecule has 0 amide bonds. The van der Waals surface area contributed by atoms with Crippen molar-refractivity contribution in [2.24, 2.45) is 0 Å². The summed E-state index contributed by atoms with van der Waals surface area (Å²) in [5.41, 5.74) is 1.15. The van der Waals surface area contributed by atoms with Crippen molar-refractivity contribution < 1.29 is 4.39 Å². The van der Waals surface area contributed by atoms with E-state index in [1.54, 1.807) is 11.8 Å². The summed E-state index contributed by atoms with van der Waals surface area (Å²) >= 11 is 1.78. The molecule has 1 nitrogen and oxygen atoms in total. The molecule has 0 atom stereocenters. The topological polar surface area (TPSA) is 3.24 Å². The quantitative estimate of drug-likeness (QED) is 0.686. The molecule has 0 aliphatic rings. The molecule has 0 aliphatic heterocycles. The number of halogens is 1. The van der Waals surface area contributed by atoms with E-state index in [1.807, 2.05) is 12.1 Å². The van der Waals surface area contributed by atoms with E-state index in [2.05, 4.69) is 18.2 Å². The lowest BCUT2D eigenvalue weighted by molar-refractivity contribution is 0.386. The minimum atomic E-state index is -0.170. The third kappa shape index (κ3) is 3.79. The van der Waals surface area contributed by atoms with Crippen LogP contribution < -0.4 is 0 Å². The van der Waals surface area contributed by atoms with Gasteiger partial charge in [-0.2, -0.15) is 0 Å². The maximum Gasteiger partial charge on any atom is 0.123 e. The molecule has 1 aromatic carbocycles. The highest BCUT2D eigenvalue weighted by Crippen LogP contribution is 2.07. The Kier molecular flexibility index (Phi) is 4.25. The predicted octanol–water partition coefficient (Wildman–Crippen LogP) is 2.58. The first-order valence-electron chi connectivity index (χ1n) is 4.14. The Morgan fingerprint density at radius 3 is 2.46 bits per heavy atom. The highest BCUT2D eigenvalue weighted by molar-refractivity contribution is 7.98. The lowest BCUT2D eigenvalue weighted by atomic mass is 10.2. The van der Waals surface area contributed by atoms with Gasteiger partial charge in [0, 0.05) is 12.4 Å². The van der Waals surface area contributed by atoms with Gasteiger partial charge in [0.15, 0.2) is 0 Å². The van der Waals surface area contributed by atoms with Gasteiger partial charge in [0.25, 0.3) is 0 Å². The zero-order valence-electron chi connectivity index (χ0n) is 7.96. The standard InChI is InChI=1S/C10H14FNS/c1-12(8-13-2)7-9-3-5-10(11)6-4-9/h3-6H,7-8H2,1-2H3. The Morgan fingerprint density at radius 2 is 1.92 bits per heavy atom. The van der Waals surface area contributed by atoms with Crippen LogP contribution in [0.4, 0.5) is 4.39 Å². The normalized spacial score (nSPS) is 10.8. The monoisotopic (exact) mass is 199 g/mol. The van der Waals surface area contributed by atoms with Gasteiger partial charge < -0.3 is 0 Å². The molecule has 0 bridgehead atoms. The molecule has 0 spiro atoms. The van der Waals surface area contributed by atoms with Crippen LogP contribution >= 0.6 is 11.8 Å². The van der Waals surface area contributed by atoms with Gasteiger partial charge in [-0.3, -0.25) is 4.90 Å². The molecule has 0 aromatic heterocycles. The van der Waals surface area contributed by atoms with Crippen molar-refractivity contribution >= 4 is 11.8 Å². The zero-order valence-corrected chi connectivity index (χ0v) is 8.77. The summed E-state index contributed by atoms with van der Waals surface area (Å²) in [6, 6.07) is 6.66. The van der Waals surface area contributed by atoms with Crippen LogP contribution in [-0.4, -0.2) is 24.1 Å². The summed E-state index contributed by atoms with van der Waals surface area (Å²) in [7, 11) is 2.06. The Hall–Kier alpha value is -0.540. The fraction of sp³-hybridized carbons (Fsp3) is 0.400. The van der Waals surface area contributed by atoms with Gasteiger partial charge in [-0.25, -0.2) is 4.39 Å². The van der Waals surface area contributed by atoms with Gasteiger partial charge in [-0.05, 0) is 31.0 Å². The van der Waals surface area contributed by atoms with Crippen LogP contribution in [0.2, 0.25) is 0 Å². The Labute approximate surface area is 82.9 Å². The van der Waals surface area contributed by atoms with E-state index in [4.69, 9.17) is 0 Å². The summed E-state index contributed by atoms with van der Waals surface area (Å²) < 4.78 is 12.6. The molecule has 0 heterocycles. The van der Waals surface area contributed by atoms with Crippen molar-refractivity contribution in [3.63, 3.8) is 0 Å². The minimum Gasteiger partial charge on any atom is -0.293 e.